The summed E-state index contributed by atoms with van der Waals surface area (Å²) in [6, 6.07) is 52.5. The Kier molecular flexibility index (Phi) is 6.80. The molecule has 6 nitrogen and oxygen atoms in total. The first-order valence-corrected chi connectivity index (χ1v) is 21.1. The smallest absolute Gasteiger partial charge is 0.277 e. The number of benzene rings is 7. The van der Waals surface area contributed by atoms with Crippen molar-refractivity contribution in [2.45, 2.75) is 6.92 Å². The zero-order chi connectivity index (χ0) is 38.1. The Bertz CT molecular complexity index is 2970. The number of hydrogen-bond donors (Lipinski definition) is 0. The molecule has 276 valence electrons. The summed E-state index contributed by atoms with van der Waals surface area (Å²) in [4.78, 5) is 5.05. The Morgan fingerprint density at radius 3 is 1.34 bits per heavy atom. The molecule has 58 heavy (non-hydrogen) atoms. The first kappa shape index (κ1) is 32.4. The van der Waals surface area contributed by atoms with Crippen LogP contribution in [0.4, 0.5) is 34.1 Å². The van der Waals surface area contributed by atoms with Crippen LogP contribution in [0.5, 0.6) is 23.0 Å². The number of ether oxygens (including phenoxy) is 4. The molecule has 4 aliphatic rings. The lowest BCUT2D eigenvalue weighted by molar-refractivity contribution is 0.173. The van der Waals surface area contributed by atoms with Crippen LogP contribution in [0.1, 0.15) is 5.56 Å². The van der Waals surface area contributed by atoms with Crippen LogP contribution in [0, 0.1) is 6.92 Å². The van der Waals surface area contributed by atoms with Gasteiger partial charge in [0, 0.05) is 64.4 Å². The van der Waals surface area contributed by atoms with Crippen LogP contribution in [-0.4, -0.2) is 20.3 Å². The lowest BCUT2D eigenvalue weighted by Gasteiger charge is -2.43. The van der Waals surface area contributed by atoms with Gasteiger partial charge in [0.2, 0.25) is 13.6 Å². The zero-order valence-electron chi connectivity index (χ0n) is 31.2. The van der Waals surface area contributed by atoms with Crippen molar-refractivity contribution in [2.24, 2.45) is 0 Å². The number of nitrogens with zero attached hydrogens (tertiary/aromatic N) is 2. The molecule has 0 spiro atoms. The van der Waals surface area contributed by atoms with Crippen molar-refractivity contribution in [2.75, 3.05) is 23.4 Å². The molecule has 0 amide bonds. The molecule has 9 aromatic rings. The number of thiophene rings is 2. The van der Waals surface area contributed by atoms with Gasteiger partial charge in [0.1, 0.15) is 0 Å². The molecule has 0 bridgehead atoms. The molecule has 0 unspecified atom stereocenters. The van der Waals surface area contributed by atoms with Gasteiger partial charge in [0.25, 0.3) is 6.71 Å². The summed E-state index contributed by atoms with van der Waals surface area (Å²) in [5.41, 5.74) is 13.7. The topological polar surface area (TPSA) is 43.4 Å². The van der Waals surface area contributed by atoms with Gasteiger partial charge in [0.05, 0.1) is 22.7 Å². The van der Waals surface area contributed by atoms with E-state index in [1.165, 1.54) is 46.6 Å². The van der Waals surface area contributed by atoms with E-state index in [1.807, 2.05) is 22.7 Å². The van der Waals surface area contributed by atoms with Crippen molar-refractivity contribution in [3.63, 3.8) is 0 Å². The van der Waals surface area contributed by atoms with Crippen molar-refractivity contribution in [1.82, 2.24) is 0 Å². The molecule has 7 aromatic carbocycles. The Morgan fingerprint density at radius 2 is 0.879 bits per heavy atom. The maximum atomic E-state index is 6.14. The predicted molar refractivity (Wildman–Crippen MR) is 239 cm³/mol. The molecule has 6 heterocycles. The van der Waals surface area contributed by atoms with E-state index >= 15 is 0 Å². The molecule has 0 saturated carbocycles. The first-order chi connectivity index (χ1) is 28.7. The van der Waals surface area contributed by atoms with Gasteiger partial charge in [-0.3, -0.25) is 0 Å². The third kappa shape index (κ3) is 4.54. The standard InChI is InChI=1S/C49H31BN2O4S2/c1-28-20-37-45-38(21-28)52(36-25-42-40(54-27-56-42)23-34(36)30-14-6-3-7-15-30)47-32-17-9-11-19-44(32)58-49(47)50(45)48-46(31-16-8-10-18-43(31)57-48)51(37)35-24-41-39(53-26-55-41)22-33(35)29-12-4-2-5-13-29/h2-25H,26-27H2,1H3. The Hall–Kier alpha value is -6.68. The third-order valence-corrected chi connectivity index (χ3v) is 14.3. The van der Waals surface area contributed by atoms with Gasteiger partial charge in [-0.1, -0.05) is 97.1 Å². The van der Waals surface area contributed by atoms with E-state index in [9.17, 15) is 0 Å². The molecule has 0 saturated heterocycles. The highest BCUT2D eigenvalue weighted by Gasteiger charge is 2.48. The van der Waals surface area contributed by atoms with Gasteiger partial charge in [-0.2, -0.15) is 0 Å². The average Bonchev–Trinajstić information content (AvgIpc) is 4.08. The molecule has 0 aliphatic carbocycles. The van der Waals surface area contributed by atoms with Crippen molar-refractivity contribution in [3.05, 3.63) is 151 Å². The van der Waals surface area contributed by atoms with Crippen LogP contribution in [0.3, 0.4) is 0 Å². The Balaban J connectivity index is 1.17. The van der Waals surface area contributed by atoms with Crippen molar-refractivity contribution in [1.29, 1.82) is 0 Å². The predicted octanol–water partition coefficient (Wildman–Crippen LogP) is 11.3. The maximum absolute atomic E-state index is 6.14. The highest BCUT2D eigenvalue weighted by molar-refractivity contribution is 7.40. The van der Waals surface area contributed by atoms with Crippen LogP contribution >= 0.6 is 22.7 Å². The van der Waals surface area contributed by atoms with E-state index in [4.69, 9.17) is 18.9 Å². The van der Waals surface area contributed by atoms with Crippen molar-refractivity contribution in [3.8, 4) is 45.3 Å². The highest BCUT2D eigenvalue weighted by Crippen LogP contribution is 2.55. The number of rotatable bonds is 4. The third-order valence-electron chi connectivity index (χ3n) is 11.8. The summed E-state index contributed by atoms with van der Waals surface area (Å²) < 4.78 is 29.5. The average molecular weight is 787 g/mol. The van der Waals surface area contributed by atoms with Gasteiger partial charge in [-0.05, 0) is 65.5 Å². The highest BCUT2D eigenvalue weighted by atomic mass is 32.1. The second kappa shape index (κ2) is 12.2. The molecule has 0 atom stereocenters. The molecular formula is C49H31BN2O4S2. The van der Waals surface area contributed by atoms with Crippen molar-refractivity contribution >= 4 is 98.7 Å². The minimum Gasteiger partial charge on any atom is -0.454 e. The number of aryl methyl sites for hydroxylation is 1. The van der Waals surface area contributed by atoms with E-state index in [0.29, 0.717) is 0 Å². The summed E-state index contributed by atoms with van der Waals surface area (Å²) in [5, 5.41) is 2.47. The summed E-state index contributed by atoms with van der Waals surface area (Å²) in [5.74, 6) is 3.02. The van der Waals surface area contributed by atoms with Gasteiger partial charge < -0.3 is 28.7 Å². The lowest BCUT2D eigenvalue weighted by Crippen LogP contribution is -2.59. The molecule has 0 radical (unpaired) electrons. The van der Waals surface area contributed by atoms with Crippen molar-refractivity contribution < 1.29 is 18.9 Å². The van der Waals surface area contributed by atoms with Gasteiger partial charge in [-0.25, -0.2) is 0 Å². The van der Waals surface area contributed by atoms with E-state index in [-0.39, 0.29) is 20.3 Å². The van der Waals surface area contributed by atoms with Crippen LogP contribution in [0.25, 0.3) is 42.4 Å². The molecular weight excluding hydrogens is 755 g/mol. The number of fused-ring (bicyclic) bond motifs is 10. The Morgan fingerprint density at radius 1 is 0.466 bits per heavy atom. The first-order valence-electron chi connectivity index (χ1n) is 19.4. The Labute approximate surface area is 342 Å². The van der Waals surface area contributed by atoms with E-state index < -0.39 is 0 Å². The van der Waals surface area contributed by atoms with Crippen LogP contribution in [0.15, 0.2) is 146 Å². The summed E-state index contributed by atoms with van der Waals surface area (Å²) >= 11 is 3.82. The number of anilines is 6. The van der Waals surface area contributed by atoms with E-state index in [0.717, 1.165) is 73.6 Å². The molecule has 4 aliphatic heterocycles. The molecule has 0 fully saturated rings. The van der Waals surface area contributed by atoms with Crippen LogP contribution in [-0.2, 0) is 0 Å². The minimum atomic E-state index is 0.00118. The van der Waals surface area contributed by atoms with Gasteiger partial charge in [-0.15, -0.1) is 22.7 Å². The monoisotopic (exact) mass is 786 g/mol. The SMILES string of the molecule is Cc1cc2c3c(c1)N(c1cc4c(cc1-c1ccccc1)OCO4)c1c(sc4ccccc14)B3c1sc3ccccc3c1N2c1cc2c(cc1-c1ccccc1)OCO2. The molecule has 0 N–H and O–H groups in total. The molecule has 2 aromatic heterocycles. The van der Waals surface area contributed by atoms with E-state index in [1.54, 1.807) is 0 Å². The largest absolute Gasteiger partial charge is 0.454 e. The maximum Gasteiger partial charge on any atom is 0.277 e. The summed E-state index contributed by atoms with van der Waals surface area (Å²) in [7, 11) is 0. The second-order valence-corrected chi connectivity index (χ2v) is 17.3. The number of hydrogen-bond acceptors (Lipinski definition) is 8. The fourth-order valence-electron chi connectivity index (χ4n) is 9.43. The molecule has 9 heteroatoms. The fourth-order valence-corrected chi connectivity index (χ4v) is 12.1. The van der Waals surface area contributed by atoms with Crippen LogP contribution < -0.4 is 43.8 Å². The normalized spacial score (nSPS) is 14.3. The van der Waals surface area contributed by atoms with Gasteiger partial charge in [0.15, 0.2) is 23.0 Å². The van der Waals surface area contributed by atoms with Gasteiger partial charge >= 0.3 is 0 Å². The lowest BCUT2D eigenvalue weighted by atomic mass is 9.39. The fraction of sp³-hybridized carbons (Fsp3) is 0.0612. The molecule has 13 rings (SSSR count). The van der Waals surface area contributed by atoms with E-state index in [2.05, 4.69) is 162 Å². The summed E-state index contributed by atoms with van der Waals surface area (Å²) in [6.45, 7) is 2.62. The zero-order valence-corrected chi connectivity index (χ0v) is 32.8. The summed E-state index contributed by atoms with van der Waals surface area (Å²) in [6.07, 6.45) is 0. The minimum absolute atomic E-state index is 0.00118. The quantitative estimate of drug-likeness (QED) is 0.166. The van der Waals surface area contributed by atoms with Crippen LogP contribution in [0.2, 0.25) is 0 Å². The second-order valence-electron chi connectivity index (χ2n) is 15.1.